The summed E-state index contributed by atoms with van der Waals surface area (Å²) < 4.78 is 13.4. The van der Waals surface area contributed by atoms with Crippen LogP contribution in [-0.2, 0) is 0 Å². The molecular weight excluding hydrogens is 263 g/mol. The Morgan fingerprint density at radius 1 is 1.21 bits per heavy atom. The fourth-order valence-electron chi connectivity index (χ4n) is 2.81. The first-order valence-electron chi connectivity index (χ1n) is 7.11. The lowest BCUT2D eigenvalue weighted by Crippen LogP contribution is -2.36. The number of benzene rings is 1. The predicted molar refractivity (Wildman–Crippen MR) is 77.8 cm³/mol. The maximum Gasteiger partial charge on any atom is 0.125 e. The van der Waals surface area contributed by atoms with Crippen molar-refractivity contribution in [2.75, 3.05) is 6.54 Å². The first-order valence-corrected chi connectivity index (χ1v) is 7.49. The van der Waals surface area contributed by atoms with E-state index in [1.165, 1.54) is 50.7 Å². The lowest BCUT2D eigenvalue weighted by atomic mass is 10.0. The summed E-state index contributed by atoms with van der Waals surface area (Å²) in [6.07, 6.45) is 7.52. The lowest BCUT2D eigenvalue weighted by Gasteiger charge is -2.24. The maximum atomic E-state index is 13.4. The van der Waals surface area contributed by atoms with Crippen molar-refractivity contribution in [2.24, 2.45) is 5.73 Å². The molecule has 0 aliphatic heterocycles. The average Bonchev–Trinajstić information content (AvgIpc) is 2.63. The molecule has 0 aromatic heterocycles. The van der Waals surface area contributed by atoms with E-state index >= 15 is 0 Å². The second-order valence-electron chi connectivity index (χ2n) is 5.35. The molecule has 1 aromatic carbocycles. The monoisotopic (exact) mass is 284 g/mol. The average molecular weight is 285 g/mol. The van der Waals surface area contributed by atoms with Gasteiger partial charge < -0.3 is 11.1 Å². The van der Waals surface area contributed by atoms with Crippen molar-refractivity contribution >= 4 is 11.6 Å². The van der Waals surface area contributed by atoms with Crippen LogP contribution >= 0.6 is 11.6 Å². The molecule has 2 rings (SSSR count). The van der Waals surface area contributed by atoms with E-state index in [1.807, 2.05) is 0 Å². The second-order valence-corrected chi connectivity index (χ2v) is 5.78. The zero-order valence-electron chi connectivity index (χ0n) is 11.2. The molecule has 0 saturated heterocycles. The molecule has 1 saturated carbocycles. The van der Waals surface area contributed by atoms with Gasteiger partial charge in [0.25, 0.3) is 0 Å². The highest BCUT2D eigenvalue weighted by molar-refractivity contribution is 6.30. The number of nitrogens with one attached hydrogen (secondary N) is 1. The summed E-state index contributed by atoms with van der Waals surface area (Å²) in [4.78, 5) is 0. The van der Waals surface area contributed by atoms with E-state index in [0.717, 1.165) is 5.56 Å². The minimum absolute atomic E-state index is 0.0173. The number of rotatable bonds is 4. The maximum absolute atomic E-state index is 13.4. The van der Waals surface area contributed by atoms with E-state index in [2.05, 4.69) is 5.32 Å². The molecule has 2 nitrogen and oxygen atoms in total. The number of nitrogens with two attached hydrogens (primary N) is 1. The first-order chi connectivity index (χ1) is 9.19. The van der Waals surface area contributed by atoms with Crippen molar-refractivity contribution in [3.63, 3.8) is 0 Å². The van der Waals surface area contributed by atoms with Gasteiger partial charge in [0.05, 0.1) is 0 Å². The Hall–Kier alpha value is -0.640. The molecule has 1 aliphatic rings. The van der Waals surface area contributed by atoms with Gasteiger partial charge in [-0.1, -0.05) is 37.3 Å². The van der Waals surface area contributed by atoms with Gasteiger partial charge in [0.1, 0.15) is 5.82 Å². The lowest BCUT2D eigenvalue weighted by molar-refractivity contribution is 0.401. The predicted octanol–water partition coefficient (Wildman–Crippen LogP) is 3.79. The van der Waals surface area contributed by atoms with Gasteiger partial charge >= 0.3 is 0 Å². The molecule has 19 heavy (non-hydrogen) atoms. The van der Waals surface area contributed by atoms with Crippen molar-refractivity contribution in [2.45, 2.75) is 50.6 Å². The molecule has 4 heteroatoms. The summed E-state index contributed by atoms with van der Waals surface area (Å²) >= 11 is 5.91. The molecule has 1 unspecified atom stereocenters. The number of hydrogen-bond donors (Lipinski definition) is 2. The third-order valence-electron chi connectivity index (χ3n) is 3.82. The van der Waals surface area contributed by atoms with Gasteiger partial charge in [-0.05, 0) is 36.6 Å². The van der Waals surface area contributed by atoms with Crippen LogP contribution < -0.4 is 11.1 Å². The van der Waals surface area contributed by atoms with Gasteiger partial charge in [-0.15, -0.1) is 0 Å². The van der Waals surface area contributed by atoms with Crippen LogP contribution in [0.1, 0.15) is 50.1 Å². The molecule has 0 amide bonds. The standard InChI is InChI=1S/C15H22ClFN2/c16-12-7-11(8-13(17)9-12)15(10-18)19-14-5-3-1-2-4-6-14/h7-9,14-15,19H,1-6,10,18H2. The summed E-state index contributed by atoms with van der Waals surface area (Å²) in [5.41, 5.74) is 6.68. The van der Waals surface area contributed by atoms with E-state index in [-0.39, 0.29) is 11.9 Å². The summed E-state index contributed by atoms with van der Waals surface area (Å²) in [6.45, 7) is 0.455. The molecule has 1 atom stereocenters. The van der Waals surface area contributed by atoms with E-state index in [0.29, 0.717) is 17.6 Å². The van der Waals surface area contributed by atoms with Crippen LogP contribution in [0, 0.1) is 5.82 Å². The normalized spacial score (nSPS) is 19.1. The van der Waals surface area contributed by atoms with Crippen LogP contribution in [0.4, 0.5) is 4.39 Å². The van der Waals surface area contributed by atoms with Crippen molar-refractivity contribution < 1.29 is 4.39 Å². The minimum atomic E-state index is -0.302. The van der Waals surface area contributed by atoms with Crippen LogP contribution in [-0.4, -0.2) is 12.6 Å². The Morgan fingerprint density at radius 3 is 2.47 bits per heavy atom. The van der Waals surface area contributed by atoms with Crippen molar-refractivity contribution in [3.8, 4) is 0 Å². The zero-order valence-corrected chi connectivity index (χ0v) is 11.9. The molecule has 0 spiro atoms. The summed E-state index contributed by atoms with van der Waals surface area (Å²) in [6, 6.07) is 5.11. The third-order valence-corrected chi connectivity index (χ3v) is 4.03. The quantitative estimate of drug-likeness (QED) is 0.826. The molecule has 1 aliphatic carbocycles. The summed E-state index contributed by atoms with van der Waals surface area (Å²) in [7, 11) is 0. The number of hydrogen-bond acceptors (Lipinski definition) is 2. The number of halogens is 2. The molecule has 1 fully saturated rings. The molecule has 3 N–H and O–H groups in total. The molecule has 0 heterocycles. The summed E-state index contributed by atoms with van der Waals surface area (Å²) in [5.74, 6) is -0.302. The van der Waals surface area contributed by atoms with E-state index < -0.39 is 0 Å². The van der Waals surface area contributed by atoms with Crippen molar-refractivity contribution in [1.29, 1.82) is 0 Å². The third kappa shape index (κ3) is 4.44. The van der Waals surface area contributed by atoms with Gasteiger partial charge in [0.2, 0.25) is 0 Å². The Kier molecular flexibility index (Phi) is 5.61. The largest absolute Gasteiger partial charge is 0.329 e. The van der Waals surface area contributed by atoms with Gasteiger partial charge in [0.15, 0.2) is 0 Å². The molecular formula is C15H22ClFN2. The fourth-order valence-corrected chi connectivity index (χ4v) is 3.04. The molecule has 1 aromatic rings. The van der Waals surface area contributed by atoms with Crippen molar-refractivity contribution in [1.82, 2.24) is 5.32 Å². The Bertz CT molecular complexity index is 383. The highest BCUT2D eigenvalue weighted by atomic mass is 35.5. The van der Waals surface area contributed by atoms with E-state index in [4.69, 9.17) is 17.3 Å². The Morgan fingerprint density at radius 2 is 1.89 bits per heavy atom. The van der Waals surface area contributed by atoms with Crippen LogP contribution in [0.25, 0.3) is 0 Å². The van der Waals surface area contributed by atoms with Crippen LogP contribution in [0.3, 0.4) is 0 Å². The van der Waals surface area contributed by atoms with E-state index in [1.54, 1.807) is 6.07 Å². The van der Waals surface area contributed by atoms with E-state index in [9.17, 15) is 4.39 Å². The zero-order chi connectivity index (χ0) is 13.7. The fraction of sp³-hybridized carbons (Fsp3) is 0.600. The summed E-state index contributed by atoms with van der Waals surface area (Å²) in [5, 5.41) is 3.99. The van der Waals surface area contributed by atoms with Gasteiger partial charge in [0, 0.05) is 23.7 Å². The minimum Gasteiger partial charge on any atom is -0.329 e. The van der Waals surface area contributed by atoms with Gasteiger partial charge in [-0.2, -0.15) is 0 Å². The second kappa shape index (κ2) is 7.22. The van der Waals surface area contributed by atoms with Gasteiger partial charge in [-0.3, -0.25) is 0 Å². The SMILES string of the molecule is NCC(NC1CCCCCC1)c1cc(F)cc(Cl)c1. The Balaban J connectivity index is 2.05. The topological polar surface area (TPSA) is 38.0 Å². The molecule has 0 radical (unpaired) electrons. The molecule has 106 valence electrons. The van der Waals surface area contributed by atoms with Crippen LogP contribution in [0.2, 0.25) is 5.02 Å². The van der Waals surface area contributed by atoms with Gasteiger partial charge in [-0.25, -0.2) is 4.39 Å². The van der Waals surface area contributed by atoms with Crippen LogP contribution in [0.15, 0.2) is 18.2 Å². The smallest absolute Gasteiger partial charge is 0.125 e. The first kappa shape index (κ1) is 14.8. The highest BCUT2D eigenvalue weighted by Gasteiger charge is 2.18. The highest BCUT2D eigenvalue weighted by Crippen LogP contribution is 2.23. The Labute approximate surface area is 119 Å². The molecule has 0 bridgehead atoms. The van der Waals surface area contributed by atoms with Crippen molar-refractivity contribution in [3.05, 3.63) is 34.6 Å². The van der Waals surface area contributed by atoms with Crippen LogP contribution in [0.5, 0.6) is 0 Å².